The fourth-order valence-corrected chi connectivity index (χ4v) is 2.06. The zero-order chi connectivity index (χ0) is 13.8. The van der Waals surface area contributed by atoms with E-state index in [1.54, 1.807) is 25.3 Å². The maximum absolute atomic E-state index is 12.0. The van der Waals surface area contributed by atoms with Gasteiger partial charge in [-0.15, -0.1) is 0 Å². The molecule has 0 saturated carbocycles. The van der Waals surface area contributed by atoms with E-state index in [1.165, 1.54) is 18.5 Å². The summed E-state index contributed by atoms with van der Waals surface area (Å²) in [6.07, 6.45) is 2.66. The van der Waals surface area contributed by atoms with Gasteiger partial charge >= 0.3 is 0 Å². The number of amides is 1. The third kappa shape index (κ3) is 3.03. The van der Waals surface area contributed by atoms with Gasteiger partial charge in [-0.1, -0.05) is 0 Å². The van der Waals surface area contributed by atoms with E-state index in [0.717, 1.165) is 4.47 Å². The molecule has 0 aliphatic rings. The number of benzene rings is 1. The maximum Gasteiger partial charge on any atom is 0.259 e. The number of pyridine rings is 1. The summed E-state index contributed by atoms with van der Waals surface area (Å²) in [5.74, 6) is 0.106. The number of anilines is 1. The molecule has 0 atom stereocenters. The Balaban J connectivity index is 2.20. The van der Waals surface area contributed by atoms with Crippen LogP contribution in [0, 0.1) is 0 Å². The number of carbonyl (C=O) groups excluding carboxylic acids is 1. The van der Waals surface area contributed by atoms with Gasteiger partial charge in [0.1, 0.15) is 11.5 Å². The van der Waals surface area contributed by atoms with E-state index in [4.69, 9.17) is 4.74 Å². The average molecular weight is 323 g/mol. The van der Waals surface area contributed by atoms with Crippen molar-refractivity contribution >= 4 is 27.5 Å². The van der Waals surface area contributed by atoms with Crippen molar-refractivity contribution in [2.75, 3.05) is 12.4 Å². The van der Waals surface area contributed by atoms with Gasteiger partial charge in [-0.3, -0.25) is 9.78 Å². The first kappa shape index (κ1) is 13.4. The molecule has 6 heteroatoms. The summed E-state index contributed by atoms with van der Waals surface area (Å²) in [7, 11) is 1.56. The number of aromatic nitrogens is 1. The minimum absolute atomic E-state index is 0.160. The van der Waals surface area contributed by atoms with Crippen LogP contribution < -0.4 is 10.1 Å². The van der Waals surface area contributed by atoms with Crippen molar-refractivity contribution in [3.8, 4) is 11.5 Å². The zero-order valence-corrected chi connectivity index (χ0v) is 11.6. The van der Waals surface area contributed by atoms with E-state index in [-0.39, 0.29) is 11.3 Å². The Labute approximate surface area is 118 Å². The number of halogens is 1. The summed E-state index contributed by atoms with van der Waals surface area (Å²) in [5.41, 5.74) is 0.760. The monoisotopic (exact) mass is 322 g/mol. The number of nitrogens with zero attached hydrogens (tertiary/aromatic N) is 1. The van der Waals surface area contributed by atoms with Gasteiger partial charge in [0.25, 0.3) is 5.91 Å². The molecule has 0 spiro atoms. The van der Waals surface area contributed by atoms with E-state index in [2.05, 4.69) is 26.2 Å². The lowest BCUT2D eigenvalue weighted by atomic mass is 10.2. The average Bonchev–Trinajstić information content (AvgIpc) is 2.39. The molecule has 0 radical (unpaired) electrons. The van der Waals surface area contributed by atoms with Crippen LogP contribution in [0.5, 0.6) is 11.5 Å². The molecule has 1 aromatic heterocycles. The van der Waals surface area contributed by atoms with Crippen LogP contribution in [0.4, 0.5) is 5.69 Å². The second kappa shape index (κ2) is 5.71. The van der Waals surface area contributed by atoms with Crippen LogP contribution in [0.2, 0.25) is 0 Å². The van der Waals surface area contributed by atoms with Gasteiger partial charge in [0.05, 0.1) is 23.3 Å². The maximum atomic E-state index is 12.0. The SMILES string of the molecule is COc1ccc(NC(=O)c2ccncc2O)cc1Br. The number of aromatic hydroxyl groups is 1. The molecule has 1 aromatic carbocycles. The third-order valence-corrected chi connectivity index (χ3v) is 3.07. The summed E-state index contributed by atoms with van der Waals surface area (Å²) in [6.45, 7) is 0. The molecule has 0 bridgehead atoms. The summed E-state index contributed by atoms with van der Waals surface area (Å²) in [5, 5.41) is 12.2. The number of hydrogen-bond donors (Lipinski definition) is 2. The molecule has 98 valence electrons. The number of rotatable bonds is 3. The number of nitrogens with one attached hydrogen (secondary N) is 1. The van der Waals surface area contributed by atoms with Crippen LogP contribution in [0.15, 0.2) is 41.1 Å². The molecule has 0 fully saturated rings. The normalized spacial score (nSPS) is 10.0. The Morgan fingerprint density at radius 3 is 2.84 bits per heavy atom. The zero-order valence-electron chi connectivity index (χ0n) is 10.1. The fourth-order valence-electron chi connectivity index (χ4n) is 1.52. The van der Waals surface area contributed by atoms with E-state index in [1.807, 2.05) is 0 Å². The molecule has 0 aliphatic heterocycles. The Morgan fingerprint density at radius 1 is 1.42 bits per heavy atom. The lowest BCUT2D eigenvalue weighted by Gasteiger charge is -2.08. The number of carbonyl (C=O) groups is 1. The van der Waals surface area contributed by atoms with Crippen molar-refractivity contribution in [1.82, 2.24) is 4.98 Å². The first-order valence-electron chi connectivity index (χ1n) is 5.39. The van der Waals surface area contributed by atoms with Crippen LogP contribution in [0.25, 0.3) is 0 Å². The molecule has 19 heavy (non-hydrogen) atoms. The summed E-state index contributed by atoms with van der Waals surface area (Å²) in [6, 6.07) is 6.60. The van der Waals surface area contributed by atoms with Crippen molar-refractivity contribution in [3.05, 3.63) is 46.7 Å². The topological polar surface area (TPSA) is 71.5 Å². The Bertz CT molecular complexity index is 617. The van der Waals surface area contributed by atoms with Crippen LogP contribution in [-0.4, -0.2) is 23.1 Å². The van der Waals surface area contributed by atoms with Crippen LogP contribution >= 0.6 is 15.9 Å². The summed E-state index contributed by atoms with van der Waals surface area (Å²) in [4.78, 5) is 15.7. The lowest BCUT2D eigenvalue weighted by Crippen LogP contribution is -2.12. The van der Waals surface area contributed by atoms with Crippen LogP contribution in [0.1, 0.15) is 10.4 Å². The van der Waals surface area contributed by atoms with Crippen molar-refractivity contribution < 1.29 is 14.6 Å². The summed E-state index contributed by atoms with van der Waals surface area (Å²) >= 11 is 3.33. The van der Waals surface area contributed by atoms with Gasteiger partial charge in [0.2, 0.25) is 0 Å². The van der Waals surface area contributed by atoms with Crippen molar-refractivity contribution in [3.63, 3.8) is 0 Å². The number of hydrogen-bond acceptors (Lipinski definition) is 4. The van der Waals surface area contributed by atoms with Crippen LogP contribution in [-0.2, 0) is 0 Å². The molecule has 5 nitrogen and oxygen atoms in total. The van der Waals surface area contributed by atoms with E-state index in [0.29, 0.717) is 11.4 Å². The Hall–Kier alpha value is -2.08. The predicted molar refractivity (Wildman–Crippen MR) is 74.5 cm³/mol. The molecule has 0 saturated heterocycles. The smallest absolute Gasteiger partial charge is 0.259 e. The Morgan fingerprint density at radius 2 is 2.21 bits per heavy atom. The minimum atomic E-state index is -0.406. The van der Waals surface area contributed by atoms with Gasteiger partial charge in [-0.25, -0.2) is 0 Å². The largest absolute Gasteiger partial charge is 0.505 e. The predicted octanol–water partition coefficient (Wildman–Crippen LogP) is 2.81. The molecular weight excluding hydrogens is 312 g/mol. The molecule has 0 aliphatic carbocycles. The van der Waals surface area contributed by atoms with Gasteiger partial charge in [0.15, 0.2) is 0 Å². The summed E-state index contributed by atoms with van der Waals surface area (Å²) < 4.78 is 5.83. The Kier molecular flexibility index (Phi) is 4.01. The first-order chi connectivity index (χ1) is 9.11. The van der Waals surface area contributed by atoms with Crippen molar-refractivity contribution in [2.24, 2.45) is 0 Å². The quantitative estimate of drug-likeness (QED) is 0.911. The highest BCUT2D eigenvalue weighted by Crippen LogP contribution is 2.28. The van der Waals surface area contributed by atoms with Crippen molar-refractivity contribution in [2.45, 2.75) is 0 Å². The second-order valence-corrected chi connectivity index (χ2v) is 4.55. The molecule has 2 N–H and O–H groups in total. The lowest BCUT2D eigenvalue weighted by molar-refractivity contribution is 0.102. The number of ether oxygens (including phenoxy) is 1. The fraction of sp³-hybridized carbons (Fsp3) is 0.0769. The van der Waals surface area contributed by atoms with E-state index >= 15 is 0 Å². The highest BCUT2D eigenvalue weighted by Gasteiger charge is 2.11. The highest BCUT2D eigenvalue weighted by molar-refractivity contribution is 9.10. The molecule has 0 unspecified atom stereocenters. The van der Waals surface area contributed by atoms with E-state index in [9.17, 15) is 9.90 Å². The molecule has 1 heterocycles. The molecule has 2 rings (SSSR count). The standard InChI is InChI=1S/C13H11BrN2O3/c1-19-12-3-2-8(6-10(12)14)16-13(18)9-4-5-15-7-11(9)17/h2-7,17H,1H3,(H,16,18). The van der Waals surface area contributed by atoms with Gasteiger partial charge in [-0.2, -0.15) is 0 Å². The van der Waals surface area contributed by atoms with Gasteiger partial charge < -0.3 is 15.2 Å². The first-order valence-corrected chi connectivity index (χ1v) is 6.19. The third-order valence-electron chi connectivity index (χ3n) is 2.45. The molecule has 1 amide bonds. The van der Waals surface area contributed by atoms with Crippen LogP contribution in [0.3, 0.4) is 0 Å². The van der Waals surface area contributed by atoms with E-state index < -0.39 is 5.91 Å². The van der Waals surface area contributed by atoms with Gasteiger partial charge in [-0.05, 0) is 40.2 Å². The second-order valence-electron chi connectivity index (χ2n) is 3.70. The highest BCUT2D eigenvalue weighted by atomic mass is 79.9. The van der Waals surface area contributed by atoms with Crippen molar-refractivity contribution in [1.29, 1.82) is 0 Å². The molecular formula is C13H11BrN2O3. The molecule has 2 aromatic rings. The number of methoxy groups -OCH3 is 1. The van der Waals surface area contributed by atoms with Gasteiger partial charge in [0, 0.05) is 11.9 Å². The minimum Gasteiger partial charge on any atom is -0.505 e.